The number of anilines is 1. The van der Waals surface area contributed by atoms with E-state index in [1.165, 1.54) is 0 Å². The number of hydrogen-bond acceptors (Lipinski definition) is 4. The van der Waals surface area contributed by atoms with Gasteiger partial charge in [0.1, 0.15) is 18.2 Å². The zero-order valence-electron chi connectivity index (χ0n) is 10.1. The molecule has 2 rings (SSSR count). The third kappa shape index (κ3) is 2.55. The molecule has 0 aliphatic heterocycles. The van der Waals surface area contributed by atoms with Gasteiger partial charge >= 0.3 is 0 Å². The average Bonchev–Trinajstić information content (AvgIpc) is 2.67. The lowest BCUT2D eigenvalue weighted by atomic mass is 10.3. The van der Waals surface area contributed by atoms with Gasteiger partial charge < -0.3 is 15.0 Å². The number of hydrogen-bond donors (Lipinski definition) is 1. The van der Waals surface area contributed by atoms with Crippen molar-refractivity contribution in [2.24, 2.45) is 0 Å². The normalized spacial score (nSPS) is 10.5. The van der Waals surface area contributed by atoms with Gasteiger partial charge in [-0.05, 0) is 26.0 Å². The summed E-state index contributed by atoms with van der Waals surface area (Å²) in [5.41, 5.74) is 6.36. The van der Waals surface area contributed by atoms with E-state index in [0.29, 0.717) is 12.3 Å². The Bertz CT molecular complexity index is 507. The van der Waals surface area contributed by atoms with Crippen LogP contribution in [0.1, 0.15) is 18.6 Å². The Morgan fingerprint density at radius 1 is 1.35 bits per heavy atom. The Balaban J connectivity index is 2.07. The summed E-state index contributed by atoms with van der Waals surface area (Å²) >= 11 is 0. The summed E-state index contributed by atoms with van der Waals surface area (Å²) in [4.78, 5) is 0. The molecule has 0 fully saturated rings. The number of nitrogen functional groups attached to an aromatic ring is 1. The van der Waals surface area contributed by atoms with E-state index in [-0.39, 0.29) is 0 Å². The van der Waals surface area contributed by atoms with Gasteiger partial charge in [-0.15, -0.1) is 10.2 Å². The van der Waals surface area contributed by atoms with Crippen LogP contribution in [0.2, 0.25) is 0 Å². The second-order valence-electron chi connectivity index (χ2n) is 3.77. The molecule has 0 bridgehead atoms. The van der Waals surface area contributed by atoms with E-state index in [4.69, 9.17) is 10.5 Å². The maximum Gasteiger partial charge on any atom is 0.171 e. The average molecular weight is 232 g/mol. The van der Waals surface area contributed by atoms with Gasteiger partial charge in [0.2, 0.25) is 0 Å². The summed E-state index contributed by atoms with van der Waals surface area (Å²) in [5.74, 6) is 2.47. The van der Waals surface area contributed by atoms with Gasteiger partial charge in [-0.1, -0.05) is 6.07 Å². The van der Waals surface area contributed by atoms with Crippen molar-refractivity contribution in [2.45, 2.75) is 27.0 Å². The van der Waals surface area contributed by atoms with Crippen LogP contribution in [-0.4, -0.2) is 14.8 Å². The number of ether oxygens (including phenoxy) is 1. The summed E-state index contributed by atoms with van der Waals surface area (Å²) in [6.45, 7) is 5.23. The molecule has 17 heavy (non-hydrogen) atoms. The van der Waals surface area contributed by atoms with Gasteiger partial charge in [-0.3, -0.25) is 0 Å². The molecule has 90 valence electrons. The fourth-order valence-corrected chi connectivity index (χ4v) is 1.70. The van der Waals surface area contributed by atoms with E-state index in [2.05, 4.69) is 17.1 Å². The lowest BCUT2D eigenvalue weighted by Gasteiger charge is -2.08. The molecule has 0 aliphatic rings. The van der Waals surface area contributed by atoms with Gasteiger partial charge in [0.05, 0.1) is 0 Å². The van der Waals surface area contributed by atoms with Gasteiger partial charge in [0, 0.05) is 18.3 Å². The number of nitrogens with two attached hydrogens (primary N) is 1. The van der Waals surface area contributed by atoms with E-state index >= 15 is 0 Å². The minimum Gasteiger partial charge on any atom is -0.486 e. The van der Waals surface area contributed by atoms with Crippen LogP contribution in [0.4, 0.5) is 5.69 Å². The summed E-state index contributed by atoms with van der Waals surface area (Å²) in [5, 5.41) is 8.11. The molecule has 0 saturated heterocycles. The van der Waals surface area contributed by atoms with Crippen LogP contribution in [0.3, 0.4) is 0 Å². The number of rotatable bonds is 4. The monoisotopic (exact) mass is 232 g/mol. The Hall–Kier alpha value is -2.04. The first-order chi connectivity index (χ1) is 8.20. The molecule has 0 aliphatic carbocycles. The second kappa shape index (κ2) is 4.86. The van der Waals surface area contributed by atoms with Gasteiger partial charge in [0.25, 0.3) is 0 Å². The molecule has 0 atom stereocenters. The lowest BCUT2D eigenvalue weighted by Crippen LogP contribution is -2.07. The van der Waals surface area contributed by atoms with Crippen LogP contribution >= 0.6 is 0 Å². The Morgan fingerprint density at radius 2 is 2.18 bits per heavy atom. The highest BCUT2D eigenvalue weighted by Gasteiger charge is 2.07. The number of benzene rings is 1. The highest BCUT2D eigenvalue weighted by Crippen LogP contribution is 2.15. The second-order valence-corrected chi connectivity index (χ2v) is 3.77. The smallest absolute Gasteiger partial charge is 0.171 e. The van der Waals surface area contributed by atoms with Gasteiger partial charge in [0.15, 0.2) is 5.82 Å². The summed E-state index contributed by atoms with van der Waals surface area (Å²) < 4.78 is 7.65. The molecular formula is C12H16N4O. The molecule has 0 amide bonds. The van der Waals surface area contributed by atoms with Crippen molar-refractivity contribution in [3.05, 3.63) is 35.9 Å². The first kappa shape index (κ1) is 11.4. The molecule has 2 aromatic rings. The molecule has 5 heteroatoms. The van der Waals surface area contributed by atoms with Gasteiger partial charge in [-0.2, -0.15) is 0 Å². The molecule has 5 nitrogen and oxygen atoms in total. The molecule has 1 heterocycles. The maximum absolute atomic E-state index is 5.67. The highest BCUT2D eigenvalue weighted by atomic mass is 16.5. The number of aromatic nitrogens is 3. The van der Waals surface area contributed by atoms with Crippen LogP contribution in [0.5, 0.6) is 5.75 Å². The van der Waals surface area contributed by atoms with Crippen LogP contribution in [0, 0.1) is 6.92 Å². The van der Waals surface area contributed by atoms with Crippen molar-refractivity contribution < 1.29 is 4.74 Å². The molecule has 1 aromatic carbocycles. The number of nitrogens with zero attached hydrogens (tertiary/aromatic N) is 3. The quantitative estimate of drug-likeness (QED) is 0.816. The molecule has 0 radical (unpaired) electrons. The lowest BCUT2D eigenvalue weighted by molar-refractivity contribution is 0.289. The van der Waals surface area contributed by atoms with E-state index in [1.807, 2.05) is 29.7 Å². The molecule has 1 aromatic heterocycles. The third-order valence-electron chi connectivity index (χ3n) is 2.55. The topological polar surface area (TPSA) is 66.0 Å². The molecule has 2 N–H and O–H groups in total. The van der Waals surface area contributed by atoms with Crippen LogP contribution in [0.15, 0.2) is 24.3 Å². The largest absolute Gasteiger partial charge is 0.486 e. The van der Waals surface area contributed by atoms with Crippen molar-refractivity contribution >= 4 is 5.69 Å². The van der Waals surface area contributed by atoms with E-state index in [1.54, 1.807) is 6.07 Å². The molecule has 0 saturated carbocycles. The van der Waals surface area contributed by atoms with Crippen molar-refractivity contribution in [3.8, 4) is 5.75 Å². The van der Waals surface area contributed by atoms with Crippen LogP contribution in [-0.2, 0) is 13.2 Å². The fraction of sp³-hybridized carbons (Fsp3) is 0.333. The first-order valence-electron chi connectivity index (χ1n) is 5.57. The van der Waals surface area contributed by atoms with Crippen molar-refractivity contribution in [1.29, 1.82) is 0 Å². The predicted molar refractivity (Wildman–Crippen MR) is 65.6 cm³/mol. The van der Waals surface area contributed by atoms with Gasteiger partial charge in [-0.25, -0.2) is 0 Å². The first-order valence-corrected chi connectivity index (χ1v) is 5.57. The van der Waals surface area contributed by atoms with E-state index < -0.39 is 0 Å². The van der Waals surface area contributed by atoms with Crippen molar-refractivity contribution in [3.63, 3.8) is 0 Å². The predicted octanol–water partition coefficient (Wildman–Crippen LogP) is 1.77. The SMILES string of the molecule is CCn1c(C)nnc1COc1cccc(N)c1. The summed E-state index contributed by atoms with van der Waals surface area (Å²) in [6, 6.07) is 7.35. The minimum atomic E-state index is 0.401. The molecule has 0 spiro atoms. The third-order valence-corrected chi connectivity index (χ3v) is 2.55. The Labute approximate surface area is 100 Å². The van der Waals surface area contributed by atoms with E-state index in [0.717, 1.165) is 23.9 Å². The standard InChI is InChI=1S/C12H16N4O/c1-3-16-9(2)14-15-12(16)8-17-11-6-4-5-10(13)7-11/h4-7H,3,8,13H2,1-2H3. The zero-order chi connectivity index (χ0) is 12.3. The zero-order valence-corrected chi connectivity index (χ0v) is 10.1. The maximum atomic E-state index is 5.67. The fourth-order valence-electron chi connectivity index (χ4n) is 1.70. The highest BCUT2D eigenvalue weighted by molar-refractivity contribution is 5.43. The Kier molecular flexibility index (Phi) is 3.27. The summed E-state index contributed by atoms with van der Waals surface area (Å²) in [7, 11) is 0. The molecular weight excluding hydrogens is 216 g/mol. The molecule has 0 unspecified atom stereocenters. The summed E-state index contributed by atoms with van der Waals surface area (Å²) in [6.07, 6.45) is 0. The van der Waals surface area contributed by atoms with Crippen molar-refractivity contribution in [2.75, 3.05) is 5.73 Å². The Morgan fingerprint density at radius 3 is 2.88 bits per heavy atom. The number of aryl methyl sites for hydroxylation is 1. The van der Waals surface area contributed by atoms with Crippen LogP contribution in [0.25, 0.3) is 0 Å². The van der Waals surface area contributed by atoms with Crippen LogP contribution < -0.4 is 10.5 Å². The van der Waals surface area contributed by atoms with Crippen molar-refractivity contribution in [1.82, 2.24) is 14.8 Å². The minimum absolute atomic E-state index is 0.401. The van der Waals surface area contributed by atoms with E-state index in [9.17, 15) is 0 Å².